The molecular formula is C16H24N6O2. The third-order valence-corrected chi connectivity index (χ3v) is 5.22. The van der Waals surface area contributed by atoms with E-state index >= 15 is 0 Å². The molecule has 2 fully saturated rings. The van der Waals surface area contributed by atoms with Gasteiger partial charge in [-0.1, -0.05) is 6.92 Å². The lowest BCUT2D eigenvalue weighted by Crippen LogP contribution is -2.47. The number of hydrogen-bond acceptors (Lipinski definition) is 6. The van der Waals surface area contributed by atoms with Gasteiger partial charge in [0, 0.05) is 19.1 Å². The number of nitrogens with zero attached hydrogens (tertiary/aromatic N) is 3. The lowest BCUT2D eigenvalue weighted by molar-refractivity contribution is 0.126. The van der Waals surface area contributed by atoms with E-state index in [2.05, 4.69) is 37.1 Å². The molecule has 2 aliphatic rings. The fourth-order valence-electron chi connectivity index (χ4n) is 3.60. The van der Waals surface area contributed by atoms with Crippen molar-refractivity contribution in [1.29, 1.82) is 0 Å². The number of imidazole rings is 1. The fourth-order valence-corrected chi connectivity index (χ4v) is 3.60. The normalized spacial score (nSPS) is 25.0. The number of rotatable bonds is 4. The monoisotopic (exact) mass is 332 g/mol. The van der Waals surface area contributed by atoms with Crippen molar-refractivity contribution < 1.29 is 5.11 Å². The molecule has 4 N–H and O–H groups in total. The molecule has 130 valence electrons. The summed E-state index contributed by atoms with van der Waals surface area (Å²) in [6, 6.07) is 0.268. The summed E-state index contributed by atoms with van der Waals surface area (Å²) in [6.07, 6.45) is 4.39. The molecule has 24 heavy (non-hydrogen) atoms. The number of hydrogen-bond donors (Lipinski definition) is 4. The highest BCUT2D eigenvalue weighted by atomic mass is 16.3. The molecule has 8 heteroatoms. The van der Waals surface area contributed by atoms with Gasteiger partial charge in [0.15, 0.2) is 11.5 Å². The van der Waals surface area contributed by atoms with Crippen LogP contribution in [0.15, 0.2) is 4.79 Å². The Kier molecular flexibility index (Phi) is 3.91. The lowest BCUT2D eigenvalue weighted by Gasteiger charge is -2.40. The number of H-pyrrole nitrogens is 2. The smallest absolute Gasteiger partial charge is 0.325 e. The van der Waals surface area contributed by atoms with Crippen molar-refractivity contribution in [2.24, 2.45) is 5.92 Å². The first-order valence-corrected chi connectivity index (χ1v) is 8.82. The van der Waals surface area contributed by atoms with Gasteiger partial charge in [-0.05, 0) is 38.0 Å². The number of aromatic amines is 2. The molecule has 0 radical (unpaired) electrons. The molecule has 1 saturated carbocycles. The second kappa shape index (κ2) is 6.08. The predicted octanol–water partition coefficient (Wildman–Crippen LogP) is 1.21. The number of aromatic nitrogens is 4. The summed E-state index contributed by atoms with van der Waals surface area (Å²) in [7, 11) is 0. The van der Waals surface area contributed by atoms with Gasteiger partial charge in [-0.15, -0.1) is 0 Å². The first-order chi connectivity index (χ1) is 11.6. The molecule has 2 aromatic heterocycles. The summed E-state index contributed by atoms with van der Waals surface area (Å²) in [6.45, 7) is 4.12. The van der Waals surface area contributed by atoms with Crippen LogP contribution in [-0.2, 0) is 0 Å². The van der Waals surface area contributed by atoms with E-state index < -0.39 is 0 Å². The molecule has 3 heterocycles. The number of anilines is 2. The quantitative estimate of drug-likeness (QED) is 0.670. The van der Waals surface area contributed by atoms with E-state index in [1.165, 1.54) is 0 Å². The topological polar surface area (TPSA) is 110 Å². The standard InChI is InChI=1S/C16H24N6O2/c1-2-9-7-22(8-9)14-12-13(20-16(24)18-12)19-15(21-14)17-10-3-5-11(23)6-4-10/h9-11,23H,2-8H2,1H3,(H3,17,18,19,20,21,24). The highest BCUT2D eigenvalue weighted by molar-refractivity contribution is 5.84. The van der Waals surface area contributed by atoms with Crippen molar-refractivity contribution >= 4 is 22.9 Å². The Balaban J connectivity index is 1.60. The third kappa shape index (κ3) is 2.86. The van der Waals surface area contributed by atoms with Gasteiger partial charge >= 0.3 is 5.69 Å². The minimum Gasteiger partial charge on any atom is -0.393 e. The fraction of sp³-hybridized carbons (Fsp3) is 0.688. The van der Waals surface area contributed by atoms with Crippen LogP contribution >= 0.6 is 0 Å². The van der Waals surface area contributed by atoms with E-state index in [9.17, 15) is 9.90 Å². The molecule has 0 unspecified atom stereocenters. The first-order valence-electron chi connectivity index (χ1n) is 8.82. The largest absolute Gasteiger partial charge is 0.393 e. The Labute approximate surface area is 139 Å². The minimum atomic E-state index is -0.258. The number of aliphatic hydroxyl groups is 1. The Morgan fingerprint density at radius 3 is 2.67 bits per heavy atom. The third-order valence-electron chi connectivity index (χ3n) is 5.22. The van der Waals surface area contributed by atoms with Crippen molar-refractivity contribution in [3.05, 3.63) is 10.5 Å². The molecule has 1 aliphatic heterocycles. The Morgan fingerprint density at radius 2 is 1.96 bits per heavy atom. The van der Waals surface area contributed by atoms with Crippen LogP contribution < -0.4 is 15.9 Å². The zero-order valence-corrected chi connectivity index (χ0v) is 13.9. The summed E-state index contributed by atoms with van der Waals surface area (Å²) >= 11 is 0. The summed E-state index contributed by atoms with van der Waals surface area (Å²) < 4.78 is 0. The summed E-state index contributed by atoms with van der Waals surface area (Å²) in [5.41, 5.74) is 0.966. The summed E-state index contributed by atoms with van der Waals surface area (Å²) in [5.74, 6) is 2.03. The van der Waals surface area contributed by atoms with Gasteiger partial charge in [-0.3, -0.25) is 4.98 Å². The van der Waals surface area contributed by atoms with Gasteiger partial charge in [-0.2, -0.15) is 9.97 Å². The summed E-state index contributed by atoms with van der Waals surface area (Å²) in [5, 5.41) is 13.0. The zero-order chi connectivity index (χ0) is 16.7. The molecule has 1 saturated heterocycles. The van der Waals surface area contributed by atoms with Crippen LogP contribution in [0, 0.1) is 5.92 Å². The van der Waals surface area contributed by atoms with E-state index in [-0.39, 0.29) is 17.8 Å². The van der Waals surface area contributed by atoms with Crippen LogP contribution in [0.5, 0.6) is 0 Å². The SMILES string of the molecule is CCC1CN(c2nc(NC3CCC(O)CC3)nc3[nH]c(=O)[nH]c23)C1. The molecule has 0 bridgehead atoms. The highest BCUT2D eigenvalue weighted by Gasteiger charge is 2.29. The number of nitrogens with one attached hydrogen (secondary N) is 3. The highest BCUT2D eigenvalue weighted by Crippen LogP contribution is 2.30. The maximum absolute atomic E-state index is 11.7. The zero-order valence-electron chi connectivity index (χ0n) is 13.9. The predicted molar refractivity (Wildman–Crippen MR) is 92.4 cm³/mol. The van der Waals surface area contributed by atoms with Crippen LogP contribution in [0.2, 0.25) is 0 Å². The molecule has 0 amide bonds. The maximum Gasteiger partial charge on any atom is 0.325 e. The second-order valence-electron chi connectivity index (χ2n) is 7.00. The second-order valence-corrected chi connectivity index (χ2v) is 7.00. The molecule has 0 atom stereocenters. The van der Waals surface area contributed by atoms with Crippen LogP contribution in [0.3, 0.4) is 0 Å². The molecule has 0 aromatic carbocycles. The van der Waals surface area contributed by atoms with Gasteiger partial charge in [0.25, 0.3) is 0 Å². The van der Waals surface area contributed by atoms with E-state index in [0.29, 0.717) is 23.0 Å². The maximum atomic E-state index is 11.7. The minimum absolute atomic E-state index is 0.185. The molecule has 1 aliphatic carbocycles. The van der Waals surface area contributed by atoms with Crippen molar-refractivity contribution in [1.82, 2.24) is 19.9 Å². The van der Waals surface area contributed by atoms with Gasteiger partial charge in [0.05, 0.1) is 6.10 Å². The Morgan fingerprint density at radius 1 is 1.21 bits per heavy atom. The van der Waals surface area contributed by atoms with Crippen molar-refractivity contribution in [3.8, 4) is 0 Å². The Hall–Kier alpha value is -2.09. The van der Waals surface area contributed by atoms with E-state index in [4.69, 9.17) is 0 Å². The number of aliphatic hydroxyl groups excluding tert-OH is 1. The van der Waals surface area contributed by atoms with Gasteiger partial charge in [-0.25, -0.2) is 4.79 Å². The van der Waals surface area contributed by atoms with Crippen LogP contribution in [0.4, 0.5) is 11.8 Å². The first kappa shape index (κ1) is 15.4. The van der Waals surface area contributed by atoms with Crippen molar-refractivity contribution in [2.45, 2.75) is 51.2 Å². The lowest BCUT2D eigenvalue weighted by atomic mass is 9.93. The van der Waals surface area contributed by atoms with Crippen molar-refractivity contribution in [2.75, 3.05) is 23.3 Å². The van der Waals surface area contributed by atoms with Gasteiger partial charge in [0.1, 0.15) is 5.52 Å². The Bertz CT molecular complexity index is 770. The average Bonchev–Trinajstić information content (AvgIpc) is 2.89. The van der Waals surface area contributed by atoms with E-state index in [0.717, 1.165) is 51.0 Å². The number of fused-ring (bicyclic) bond motifs is 1. The van der Waals surface area contributed by atoms with Crippen LogP contribution in [0.25, 0.3) is 11.2 Å². The molecule has 8 nitrogen and oxygen atoms in total. The molecule has 2 aromatic rings. The van der Waals surface area contributed by atoms with Crippen molar-refractivity contribution in [3.63, 3.8) is 0 Å². The van der Waals surface area contributed by atoms with E-state index in [1.807, 2.05) is 0 Å². The van der Waals surface area contributed by atoms with Gasteiger partial charge in [0.2, 0.25) is 5.95 Å². The average molecular weight is 332 g/mol. The van der Waals surface area contributed by atoms with E-state index in [1.54, 1.807) is 0 Å². The molecule has 4 rings (SSSR count). The summed E-state index contributed by atoms with van der Waals surface area (Å²) in [4.78, 5) is 28.5. The van der Waals surface area contributed by atoms with Gasteiger partial charge < -0.3 is 20.3 Å². The molecule has 0 spiro atoms. The van der Waals surface area contributed by atoms with Crippen LogP contribution in [-0.4, -0.2) is 50.3 Å². The molecular weight excluding hydrogens is 308 g/mol. The van der Waals surface area contributed by atoms with Crippen LogP contribution in [0.1, 0.15) is 39.0 Å².